The molecular weight excluding hydrogens is 322 g/mol. The lowest BCUT2D eigenvalue weighted by Crippen LogP contribution is -2.51. The lowest BCUT2D eigenvalue weighted by Gasteiger charge is -2.56. The van der Waals surface area contributed by atoms with Crippen molar-refractivity contribution < 1.29 is 9.59 Å². The highest BCUT2D eigenvalue weighted by Crippen LogP contribution is 2.62. The van der Waals surface area contributed by atoms with Crippen LogP contribution in [0.5, 0.6) is 0 Å². The van der Waals surface area contributed by atoms with Crippen LogP contribution in [0.1, 0.15) is 65.2 Å². The van der Waals surface area contributed by atoms with E-state index in [2.05, 4.69) is 30.6 Å². The van der Waals surface area contributed by atoms with E-state index in [9.17, 15) is 9.59 Å². The van der Waals surface area contributed by atoms with Crippen molar-refractivity contribution in [3.05, 3.63) is 11.6 Å². The van der Waals surface area contributed by atoms with Crippen LogP contribution in [0.25, 0.3) is 0 Å². The lowest BCUT2D eigenvalue weighted by atomic mass is 9.47. The summed E-state index contributed by atoms with van der Waals surface area (Å²) in [6.07, 6.45) is 9.61. The highest BCUT2D eigenvalue weighted by Gasteiger charge is 2.56. The Morgan fingerprint density at radius 3 is 2.69 bits per heavy atom. The van der Waals surface area contributed by atoms with E-state index in [1.165, 1.54) is 31.5 Å². The average molecular weight is 354 g/mol. The van der Waals surface area contributed by atoms with Crippen molar-refractivity contribution in [1.29, 1.82) is 0 Å². The number of fused-ring (bicyclic) bond motifs is 3. The Hall–Kier alpha value is -1.40. The third-order valence-electron chi connectivity index (χ3n) is 7.77. The minimum Gasteiger partial charge on any atom is -0.299 e. The molecule has 4 rings (SSSR count). The molecule has 3 fully saturated rings. The Bertz CT molecular complexity index is 705. The first-order valence-electron chi connectivity index (χ1n) is 10.5. The molecule has 2 saturated carbocycles. The smallest absolute Gasteiger partial charge is 0.155 e. The summed E-state index contributed by atoms with van der Waals surface area (Å²) in [6, 6.07) is 0. The number of hydrogen-bond donors (Lipinski definition) is 0. The monoisotopic (exact) mass is 353 g/mol. The summed E-state index contributed by atoms with van der Waals surface area (Å²) in [4.78, 5) is 27.0. The van der Waals surface area contributed by atoms with Gasteiger partial charge in [-0.05, 0) is 74.6 Å². The summed E-state index contributed by atoms with van der Waals surface area (Å²) in [5.41, 5.74) is 1.11. The number of carbonyl (C=O) groups excluding carboxylic acids is 2. The quantitative estimate of drug-likeness (QED) is 0.673. The molecular formula is C23H31NO2. The molecule has 26 heavy (non-hydrogen) atoms. The highest BCUT2D eigenvalue weighted by atomic mass is 16.1. The normalized spacial score (nSPS) is 40.3. The van der Waals surface area contributed by atoms with Crippen LogP contribution in [-0.4, -0.2) is 36.1 Å². The van der Waals surface area contributed by atoms with Crippen LogP contribution in [-0.2, 0) is 9.59 Å². The number of ketones is 2. The van der Waals surface area contributed by atoms with Gasteiger partial charge in [-0.3, -0.25) is 14.5 Å². The molecule has 0 radical (unpaired) electrons. The zero-order valence-corrected chi connectivity index (χ0v) is 16.3. The maximum atomic E-state index is 12.3. The number of carbonyl (C=O) groups is 2. The summed E-state index contributed by atoms with van der Waals surface area (Å²) in [6.45, 7) is 7.60. The van der Waals surface area contributed by atoms with Gasteiger partial charge in [-0.2, -0.15) is 0 Å². The topological polar surface area (TPSA) is 37.4 Å². The summed E-state index contributed by atoms with van der Waals surface area (Å²) >= 11 is 0. The van der Waals surface area contributed by atoms with Gasteiger partial charge in [-0.1, -0.05) is 25.7 Å². The van der Waals surface area contributed by atoms with E-state index < -0.39 is 0 Å². The molecule has 0 aromatic carbocycles. The predicted molar refractivity (Wildman–Crippen MR) is 102 cm³/mol. The average Bonchev–Trinajstić information content (AvgIpc) is 3.13. The zero-order valence-electron chi connectivity index (χ0n) is 16.3. The molecule has 0 spiro atoms. The molecule has 1 saturated heterocycles. The summed E-state index contributed by atoms with van der Waals surface area (Å²) in [5, 5.41) is 0. The van der Waals surface area contributed by atoms with Gasteiger partial charge in [0.2, 0.25) is 0 Å². The molecule has 3 nitrogen and oxygen atoms in total. The third-order valence-corrected chi connectivity index (χ3v) is 7.77. The van der Waals surface area contributed by atoms with Crippen molar-refractivity contribution in [3.63, 3.8) is 0 Å². The number of Topliss-reactive ketones (excluding diaryl/α,β-unsaturated/α-hetero) is 1. The fourth-order valence-corrected chi connectivity index (χ4v) is 6.14. The van der Waals surface area contributed by atoms with Crippen LogP contribution in [0.15, 0.2) is 11.6 Å². The molecule has 1 heterocycles. The molecule has 4 aliphatic rings. The van der Waals surface area contributed by atoms with Crippen LogP contribution in [0, 0.1) is 34.5 Å². The second kappa shape index (κ2) is 6.64. The molecule has 140 valence electrons. The SMILES string of the molecule is CC1C(=O)CCC2(C)C3=CC(=O)CCC3(C#CCN3CCCC3)CCC12. The molecule has 4 unspecified atom stereocenters. The minimum atomic E-state index is -0.126. The Labute approximate surface area is 157 Å². The van der Waals surface area contributed by atoms with Crippen LogP contribution in [0.2, 0.25) is 0 Å². The molecule has 0 aromatic rings. The van der Waals surface area contributed by atoms with Crippen LogP contribution >= 0.6 is 0 Å². The number of allylic oxidation sites excluding steroid dienone is 2. The predicted octanol–water partition coefficient (Wildman–Crippen LogP) is 3.78. The third kappa shape index (κ3) is 2.87. The van der Waals surface area contributed by atoms with Crippen molar-refractivity contribution in [2.24, 2.45) is 22.7 Å². The van der Waals surface area contributed by atoms with Crippen molar-refractivity contribution in [2.75, 3.05) is 19.6 Å². The van der Waals surface area contributed by atoms with E-state index in [1.807, 2.05) is 6.08 Å². The van der Waals surface area contributed by atoms with Gasteiger partial charge >= 0.3 is 0 Å². The van der Waals surface area contributed by atoms with Gasteiger partial charge in [-0.15, -0.1) is 0 Å². The fraction of sp³-hybridized carbons (Fsp3) is 0.739. The van der Waals surface area contributed by atoms with E-state index >= 15 is 0 Å². The van der Waals surface area contributed by atoms with E-state index in [1.54, 1.807) is 0 Å². The van der Waals surface area contributed by atoms with Gasteiger partial charge < -0.3 is 0 Å². The van der Waals surface area contributed by atoms with E-state index in [0.29, 0.717) is 24.5 Å². The summed E-state index contributed by atoms with van der Waals surface area (Å²) < 4.78 is 0. The highest BCUT2D eigenvalue weighted by molar-refractivity contribution is 5.92. The molecule has 0 N–H and O–H groups in total. The fourth-order valence-electron chi connectivity index (χ4n) is 6.14. The van der Waals surface area contributed by atoms with Gasteiger partial charge in [0.1, 0.15) is 5.78 Å². The lowest BCUT2D eigenvalue weighted by molar-refractivity contribution is -0.131. The van der Waals surface area contributed by atoms with E-state index in [0.717, 1.165) is 32.2 Å². The second-order valence-corrected chi connectivity index (χ2v) is 9.21. The van der Waals surface area contributed by atoms with Crippen molar-refractivity contribution in [1.82, 2.24) is 4.90 Å². The van der Waals surface area contributed by atoms with Gasteiger partial charge in [0.25, 0.3) is 0 Å². The van der Waals surface area contributed by atoms with E-state index in [4.69, 9.17) is 0 Å². The van der Waals surface area contributed by atoms with Crippen molar-refractivity contribution in [3.8, 4) is 11.8 Å². The molecule has 1 aliphatic heterocycles. The summed E-state index contributed by atoms with van der Waals surface area (Å²) in [7, 11) is 0. The number of likely N-dealkylation sites (tertiary alicyclic amines) is 1. The minimum absolute atomic E-state index is 0.0377. The maximum Gasteiger partial charge on any atom is 0.155 e. The Morgan fingerprint density at radius 1 is 1.15 bits per heavy atom. The molecule has 3 heteroatoms. The van der Waals surface area contributed by atoms with Gasteiger partial charge in [-0.25, -0.2) is 0 Å². The maximum absolute atomic E-state index is 12.3. The van der Waals surface area contributed by atoms with Crippen LogP contribution in [0.4, 0.5) is 0 Å². The zero-order chi connectivity index (χ0) is 18.4. The number of hydrogen-bond acceptors (Lipinski definition) is 3. The standard InChI is InChI=1S/C23H31NO2/c1-17-19-7-12-23(9-5-15-24-13-3-4-14-24)11-6-18(25)16-21(23)22(19,2)10-8-20(17)26/h16-17,19H,3-4,6-8,10-15H2,1-2H3. The molecule has 3 aliphatic carbocycles. The molecule has 0 aromatic heterocycles. The second-order valence-electron chi connectivity index (χ2n) is 9.21. The van der Waals surface area contributed by atoms with Gasteiger partial charge in [0, 0.05) is 18.8 Å². The van der Waals surface area contributed by atoms with Crippen molar-refractivity contribution in [2.45, 2.75) is 65.2 Å². The first-order chi connectivity index (χ1) is 12.4. The van der Waals surface area contributed by atoms with Crippen LogP contribution in [0.3, 0.4) is 0 Å². The molecule has 0 amide bonds. The largest absolute Gasteiger partial charge is 0.299 e. The first-order valence-corrected chi connectivity index (χ1v) is 10.5. The number of rotatable bonds is 1. The van der Waals surface area contributed by atoms with Crippen LogP contribution < -0.4 is 0 Å². The molecule has 4 atom stereocenters. The van der Waals surface area contributed by atoms with Gasteiger partial charge in [0.05, 0.1) is 12.0 Å². The molecule has 0 bridgehead atoms. The van der Waals surface area contributed by atoms with E-state index in [-0.39, 0.29) is 22.5 Å². The summed E-state index contributed by atoms with van der Waals surface area (Å²) in [5.74, 6) is 8.30. The Balaban J connectivity index is 1.66. The van der Waals surface area contributed by atoms with Crippen molar-refractivity contribution >= 4 is 11.6 Å². The Kier molecular flexibility index (Phi) is 4.59. The number of nitrogens with zero attached hydrogens (tertiary/aromatic N) is 1. The first kappa shape index (κ1) is 18.0. The van der Waals surface area contributed by atoms with Gasteiger partial charge in [0.15, 0.2) is 5.78 Å². The Morgan fingerprint density at radius 2 is 1.92 bits per heavy atom.